The Morgan fingerprint density at radius 1 is 1.13 bits per heavy atom. The predicted molar refractivity (Wildman–Crippen MR) is 110 cm³/mol. The standard InChI is InChI=1S/C21H15FN4O3S/c22-11-8-12-16-13(9-11)24-18(10-1-2-14-15(7-10)29-5-4-28-14)17(21-23-3-6-30-21)19(16)25-26-20(12)27/h1-3,6-9,17-18,24H,4-5H2,(H,26,27). The number of anilines is 1. The van der Waals surface area contributed by atoms with E-state index in [1.165, 1.54) is 23.5 Å². The first kappa shape index (κ1) is 17.4. The van der Waals surface area contributed by atoms with E-state index in [1.807, 2.05) is 23.6 Å². The lowest BCUT2D eigenvalue weighted by atomic mass is 9.84. The van der Waals surface area contributed by atoms with E-state index in [0.29, 0.717) is 41.5 Å². The van der Waals surface area contributed by atoms with Crippen molar-refractivity contribution in [3.05, 3.63) is 74.3 Å². The Labute approximate surface area is 173 Å². The minimum Gasteiger partial charge on any atom is -0.486 e. The van der Waals surface area contributed by atoms with Gasteiger partial charge in [0.25, 0.3) is 5.56 Å². The molecule has 0 bridgehead atoms. The van der Waals surface area contributed by atoms with Gasteiger partial charge in [0, 0.05) is 22.7 Å². The third-order valence-corrected chi connectivity index (χ3v) is 6.32. The maximum absolute atomic E-state index is 14.3. The van der Waals surface area contributed by atoms with Gasteiger partial charge < -0.3 is 14.8 Å². The summed E-state index contributed by atoms with van der Waals surface area (Å²) >= 11 is 1.51. The number of hydrogen-bond donors (Lipinski definition) is 2. The molecule has 150 valence electrons. The van der Waals surface area contributed by atoms with Gasteiger partial charge in [0.15, 0.2) is 11.5 Å². The normalized spacial score (nSPS) is 19.5. The van der Waals surface area contributed by atoms with Gasteiger partial charge in [-0.1, -0.05) is 6.07 Å². The summed E-state index contributed by atoms with van der Waals surface area (Å²) in [6, 6.07) is 8.12. The van der Waals surface area contributed by atoms with E-state index in [0.717, 1.165) is 10.6 Å². The van der Waals surface area contributed by atoms with Gasteiger partial charge >= 0.3 is 0 Å². The first-order valence-electron chi connectivity index (χ1n) is 9.46. The molecule has 2 aromatic carbocycles. The maximum Gasteiger partial charge on any atom is 0.272 e. The van der Waals surface area contributed by atoms with E-state index in [9.17, 15) is 9.18 Å². The number of H-pyrrole nitrogens is 1. The van der Waals surface area contributed by atoms with Crippen LogP contribution < -0.4 is 20.3 Å². The van der Waals surface area contributed by atoms with Crippen LogP contribution in [0.5, 0.6) is 11.5 Å². The monoisotopic (exact) mass is 422 g/mol. The van der Waals surface area contributed by atoms with Gasteiger partial charge in [-0.3, -0.25) is 4.79 Å². The highest BCUT2D eigenvalue weighted by Crippen LogP contribution is 2.48. The van der Waals surface area contributed by atoms with E-state index in [4.69, 9.17) is 9.47 Å². The molecule has 0 radical (unpaired) electrons. The number of aromatic nitrogens is 3. The molecular weight excluding hydrogens is 407 g/mol. The molecule has 9 heteroatoms. The number of benzene rings is 2. The number of aromatic amines is 1. The zero-order valence-electron chi connectivity index (χ0n) is 15.5. The van der Waals surface area contributed by atoms with E-state index < -0.39 is 11.4 Å². The molecule has 0 saturated carbocycles. The quantitative estimate of drug-likeness (QED) is 0.513. The van der Waals surface area contributed by atoms with Crippen molar-refractivity contribution in [1.29, 1.82) is 0 Å². The Bertz CT molecular complexity index is 1340. The van der Waals surface area contributed by atoms with Gasteiger partial charge in [-0.2, -0.15) is 5.10 Å². The van der Waals surface area contributed by atoms with Gasteiger partial charge in [-0.25, -0.2) is 14.5 Å². The summed E-state index contributed by atoms with van der Waals surface area (Å²) in [5, 5.41) is 14.0. The van der Waals surface area contributed by atoms with Crippen molar-refractivity contribution in [2.24, 2.45) is 0 Å². The number of nitrogens with zero attached hydrogens (tertiary/aromatic N) is 2. The lowest BCUT2D eigenvalue weighted by Crippen LogP contribution is -2.28. The Balaban J connectivity index is 1.59. The summed E-state index contributed by atoms with van der Waals surface area (Å²) in [4.78, 5) is 16.8. The fourth-order valence-corrected chi connectivity index (χ4v) is 4.99. The van der Waals surface area contributed by atoms with Gasteiger partial charge in [0.05, 0.1) is 23.0 Å². The lowest BCUT2D eigenvalue weighted by Gasteiger charge is -2.33. The molecule has 2 unspecified atom stereocenters. The minimum absolute atomic E-state index is 0.268. The highest BCUT2D eigenvalue weighted by atomic mass is 32.1. The Morgan fingerprint density at radius 3 is 2.83 bits per heavy atom. The zero-order chi connectivity index (χ0) is 20.2. The number of fused-ring (bicyclic) bond motifs is 1. The number of thiazole rings is 1. The molecule has 2 aromatic heterocycles. The molecule has 0 fully saturated rings. The highest BCUT2D eigenvalue weighted by molar-refractivity contribution is 7.09. The molecule has 0 saturated heterocycles. The van der Waals surface area contributed by atoms with Crippen LogP contribution in [0.4, 0.5) is 10.1 Å². The van der Waals surface area contributed by atoms with Gasteiger partial charge in [-0.05, 0) is 29.8 Å². The van der Waals surface area contributed by atoms with Crippen LogP contribution in [-0.4, -0.2) is 28.4 Å². The average molecular weight is 422 g/mol. The van der Waals surface area contributed by atoms with Crippen LogP contribution in [0.15, 0.2) is 46.7 Å². The predicted octanol–water partition coefficient (Wildman–Crippen LogP) is 3.59. The Hall–Kier alpha value is -3.46. The van der Waals surface area contributed by atoms with Crippen LogP contribution in [-0.2, 0) is 0 Å². The molecular formula is C21H15FN4O3S. The first-order valence-corrected chi connectivity index (χ1v) is 10.3. The van der Waals surface area contributed by atoms with Crippen LogP contribution >= 0.6 is 11.3 Å². The first-order chi connectivity index (χ1) is 14.7. The summed E-state index contributed by atoms with van der Waals surface area (Å²) in [6.07, 6.45) is 1.74. The molecule has 30 heavy (non-hydrogen) atoms. The third-order valence-electron chi connectivity index (χ3n) is 5.46. The van der Waals surface area contributed by atoms with Crippen molar-refractivity contribution < 1.29 is 13.9 Å². The highest BCUT2D eigenvalue weighted by Gasteiger charge is 2.37. The van der Waals surface area contributed by atoms with Crippen molar-refractivity contribution >= 4 is 27.8 Å². The molecule has 2 atom stereocenters. The van der Waals surface area contributed by atoms with Gasteiger partial charge in [0.1, 0.15) is 24.0 Å². The van der Waals surface area contributed by atoms with Gasteiger partial charge in [-0.15, -0.1) is 11.3 Å². The van der Waals surface area contributed by atoms with Gasteiger partial charge in [0.2, 0.25) is 0 Å². The van der Waals surface area contributed by atoms with Crippen LogP contribution in [0.25, 0.3) is 10.8 Å². The van der Waals surface area contributed by atoms with Crippen molar-refractivity contribution in [3.8, 4) is 11.5 Å². The summed E-state index contributed by atoms with van der Waals surface area (Å²) in [6.45, 7) is 1.00. The number of ether oxygens (including phenoxy) is 2. The second-order valence-corrected chi connectivity index (χ2v) is 8.11. The van der Waals surface area contributed by atoms with Crippen LogP contribution in [0, 0.1) is 5.82 Å². The fraction of sp³-hybridized carbons (Fsp3) is 0.190. The molecule has 4 aromatic rings. The Morgan fingerprint density at radius 2 is 2.00 bits per heavy atom. The molecule has 0 spiro atoms. The van der Waals surface area contributed by atoms with Crippen molar-refractivity contribution in [3.63, 3.8) is 0 Å². The maximum atomic E-state index is 14.3. The third kappa shape index (κ3) is 2.58. The summed E-state index contributed by atoms with van der Waals surface area (Å²) < 4.78 is 25.7. The second-order valence-electron chi connectivity index (χ2n) is 7.19. The second kappa shape index (κ2) is 6.53. The molecule has 2 aliphatic heterocycles. The molecule has 6 rings (SSSR count). The summed E-state index contributed by atoms with van der Waals surface area (Å²) in [5.41, 5.74) is 1.70. The van der Waals surface area contributed by atoms with Crippen molar-refractivity contribution in [1.82, 2.24) is 15.2 Å². The summed E-state index contributed by atoms with van der Waals surface area (Å²) in [5.74, 6) is 0.608. The zero-order valence-corrected chi connectivity index (χ0v) is 16.3. The van der Waals surface area contributed by atoms with Crippen LogP contribution in [0.3, 0.4) is 0 Å². The largest absolute Gasteiger partial charge is 0.486 e. The average Bonchev–Trinajstić information content (AvgIpc) is 3.29. The number of halogens is 1. The topological polar surface area (TPSA) is 89.1 Å². The summed E-state index contributed by atoms with van der Waals surface area (Å²) in [7, 11) is 0. The SMILES string of the molecule is O=c1[nH]nc2c3c(cc(F)cc13)NC(c1ccc3c(c1)OCCO3)C2c1nccs1. The number of rotatable bonds is 2. The van der Waals surface area contributed by atoms with E-state index >= 15 is 0 Å². The van der Waals surface area contributed by atoms with Crippen LogP contribution in [0.2, 0.25) is 0 Å². The molecule has 2 aliphatic rings. The van der Waals surface area contributed by atoms with E-state index in [1.54, 1.807) is 6.20 Å². The number of hydrogen-bond acceptors (Lipinski definition) is 7. The molecule has 0 amide bonds. The fourth-order valence-electron chi connectivity index (χ4n) is 4.21. The van der Waals surface area contributed by atoms with E-state index in [2.05, 4.69) is 20.5 Å². The lowest BCUT2D eigenvalue weighted by molar-refractivity contribution is 0.171. The molecule has 4 heterocycles. The number of nitrogens with one attached hydrogen (secondary N) is 2. The Kier molecular flexibility index (Phi) is 3.79. The molecule has 0 aliphatic carbocycles. The molecule has 7 nitrogen and oxygen atoms in total. The smallest absolute Gasteiger partial charge is 0.272 e. The van der Waals surface area contributed by atoms with Crippen LogP contribution in [0.1, 0.15) is 28.2 Å². The molecule has 2 N–H and O–H groups in total. The van der Waals surface area contributed by atoms with Crippen molar-refractivity contribution in [2.45, 2.75) is 12.0 Å². The van der Waals surface area contributed by atoms with E-state index in [-0.39, 0.29) is 17.3 Å². The van der Waals surface area contributed by atoms with Crippen molar-refractivity contribution in [2.75, 3.05) is 18.5 Å². The minimum atomic E-state index is -0.485.